The molecular formula is C15H18N2O. The third kappa shape index (κ3) is 2.68. The van der Waals surface area contributed by atoms with Crippen molar-refractivity contribution in [2.45, 2.75) is 13.0 Å². The van der Waals surface area contributed by atoms with Gasteiger partial charge in [0.2, 0.25) is 5.88 Å². The van der Waals surface area contributed by atoms with Crippen LogP contribution < -0.4 is 10.1 Å². The Hall–Kier alpha value is -1.87. The highest BCUT2D eigenvalue weighted by Gasteiger charge is 2.05. The number of methoxy groups -OCH3 is 1. The van der Waals surface area contributed by atoms with Crippen molar-refractivity contribution in [3.63, 3.8) is 0 Å². The minimum Gasteiger partial charge on any atom is -0.481 e. The molecule has 0 radical (unpaired) electrons. The van der Waals surface area contributed by atoms with Crippen molar-refractivity contribution in [2.24, 2.45) is 0 Å². The van der Waals surface area contributed by atoms with Crippen LogP contribution in [0.25, 0.3) is 11.1 Å². The first-order valence-electron chi connectivity index (χ1n) is 6.02. The standard InChI is InChI=1S/C15H18N2O/c1-11(16-2)12-5-4-6-13(9-12)14-7-8-17-15(10-14)18-3/h4-11,16H,1-3H3. The fraction of sp³-hybridized carbons (Fsp3) is 0.267. The highest BCUT2D eigenvalue weighted by molar-refractivity contribution is 5.65. The molecule has 1 atom stereocenters. The Kier molecular flexibility index (Phi) is 3.95. The molecule has 1 aromatic heterocycles. The van der Waals surface area contributed by atoms with Crippen LogP contribution in [0.3, 0.4) is 0 Å². The zero-order valence-corrected chi connectivity index (χ0v) is 11.0. The molecule has 1 N–H and O–H groups in total. The molecule has 1 heterocycles. The second-order valence-electron chi connectivity index (χ2n) is 4.22. The average molecular weight is 242 g/mol. The van der Waals surface area contributed by atoms with Crippen molar-refractivity contribution in [3.05, 3.63) is 48.2 Å². The number of hydrogen-bond acceptors (Lipinski definition) is 3. The van der Waals surface area contributed by atoms with E-state index in [2.05, 4.69) is 41.5 Å². The van der Waals surface area contributed by atoms with Crippen LogP contribution in [0.2, 0.25) is 0 Å². The minimum absolute atomic E-state index is 0.341. The Morgan fingerprint density at radius 2 is 1.94 bits per heavy atom. The number of benzene rings is 1. The van der Waals surface area contributed by atoms with Gasteiger partial charge in [-0.3, -0.25) is 0 Å². The van der Waals surface area contributed by atoms with E-state index < -0.39 is 0 Å². The Labute approximate surface area is 108 Å². The van der Waals surface area contributed by atoms with E-state index in [-0.39, 0.29) is 0 Å². The summed E-state index contributed by atoms with van der Waals surface area (Å²) < 4.78 is 5.15. The van der Waals surface area contributed by atoms with Crippen LogP contribution in [0.5, 0.6) is 5.88 Å². The lowest BCUT2D eigenvalue weighted by Gasteiger charge is -2.12. The van der Waals surface area contributed by atoms with Crippen LogP contribution in [-0.4, -0.2) is 19.1 Å². The third-order valence-electron chi connectivity index (χ3n) is 3.10. The maximum absolute atomic E-state index is 5.15. The maximum Gasteiger partial charge on any atom is 0.213 e. The number of pyridine rings is 1. The van der Waals surface area contributed by atoms with Gasteiger partial charge in [-0.25, -0.2) is 4.98 Å². The molecule has 2 aromatic rings. The molecule has 18 heavy (non-hydrogen) atoms. The molecule has 3 nitrogen and oxygen atoms in total. The number of nitrogens with one attached hydrogen (secondary N) is 1. The number of rotatable bonds is 4. The Bertz CT molecular complexity index is 525. The summed E-state index contributed by atoms with van der Waals surface area (Å²) in [5, 5.41) is 3.25. The normalized spacial score (nSPS) is 12.2. The molecule has 0 aliphatic rings. The molecule has 0 amide bonds. The van der Waals surface area contributed by atoms with Crippen molar-refractivity contribution in [2.75, 3.05) is 14.2 Å². The van der Waals surface area contributed by atoms with Gasteiger partial charge in [-0.05, 0) is 42.8 Å². The first-order valence-corrected chi connectivity index (χ1v) is 6.02. The van der Waals surface area contributed by atoms with Crippen LogP contribution in [0.4, 0.5) is 0 Å². The topological polar surface area (TPSA) is 34.2 Å². The van der Waals surface area contributed by atoms with Crippen molar-refractivity contribution in [1.29, 1.82) is 0 Å². The van der Waals surface area contributed by atoms with Gasteiger partial charge < -0.3 is 10.1 Å². The Balaban J connectivity index is 2.38. The molecule has 0 aliphatic carbocycles. The second-order valence-corrected chi connectivity index (χ2v) is 4.22. The smallest absolute Gasteiger partial charge is 0.213 e. The van der Waals surface area contributed by atoms with Crippen molar-refractivity contribution in [3.8, 4) is 17.0 Å². The lowest BCUT2D eigenvalue weighted by atomic mass is 10.0. The largest absolute Gasteiger partial charge is 0.481 e. The SMILES string of the molecule is CNC(C)c1cccc(-c2ccnc(OC)c2)c1. The van der Waals surface area contributed by atoms with E-state index in [4.69, 9.17) is 4.74 Å². The molecule has 0 bridgehead atoms. The summed E-state index contributed by atoms with van der Waals surface area (Å²) in [6.07, 6.45) is 1.77. The molecule has 1 aromatic carbocycles. The maximum atomic E-state index is 5.15. The zero-order valence-electron chi connectivity index (χ0n) is 11.0. The van der Waals surface area contributed by atoms with Gasteiger partial charge in [-0.2, -0.15) is 0 Å². The van der Waals surface area contributed by atoms with Crippen molar-refractivity contribution in [1.82, 2.24) is 10.3 Å². The molecular weight excluding hydrogens is 224 g/mol. The fourth-order valence-corrected chi connectivity index (χ4v) is 1.85. The number of aromatic nitrogens is 1. The van der Waals surface area contributed by atoms with Gasteiger partial charge in [-0.15, -0.1) is 0 Å². The van der Waals surface area contributed by atoms with E-state index in [9.17, 15) is 0 Å². The van der Waals surface area contributed by atoms with Crippen molar-refractivity contribution >= 4 is 0 Å². The van der Waals surface area contributed by atoms with Gasteiger partial charge in [0, 0.05) is 18.3 Å². The van der Waals surface area contributed by atoms with Gasteiger partial charge in [-0.1, -0.05) is 18.2 Å². The van der Waals surface area contributed by atoms with Gasteiger partial charge in [0.15, 0.2) is 0 Å². The molecule has 0 fully saturated rings. The van der Waals surface area contributed by atoms with E-state index in [0.29, 0.717) is 11.9 Å². The molecule has 0 saturated heterocycles. The number of nitrogens with zero attached hydrogens (tertiary/aromatic N) is 1. The molecule has 94 valence electrons. The van der Waals surface area contributed by atoms with E-state index in [1.807, 2.05) is 19.2 Å². The summed E-state index contributed by atoms with van der Waals surface area (Å²) in [7, 11) is 3.60. The first-order chi connectivity index (χ1) is 8.74. The van der Waals surface area contributed by atoms with Crippen LogP contribution >= 0.6 is 0 Å². The summed E-state index contributed by atoms with van der Waals surface area (Å²) in [5.74, 6) is 0.638. The predicted octanol–water partition coefficient (Wildman–Crippen LogP) is 3.04. The van der Waals surface area contributed by atoms with Crippen LogP contribution in [-0.2, 0) is 0 Å². The zero-order chi connectivity index (χ0) is 13.0. The molecule has 0 spiro atoms. The summed E-state index contributed by atoms with van der Waals surface area (Å²) >= 11 is 0. The Morgan fingerprint density at radius 3 is 2.67 bits per heavy atom. The van der Waals surface area contributed by atoms with E-state index in [1.54, 1.807) is 13.3 Å². The van der Waals surface area contributed by atoms with Gasteiger partial charge >= 0.3 is 0 Å². The molecule has 3 heteroatoms. The monoisotopic (exact) mass is 242 g/mol. The van der Waals surface area contributed by atoms with Gasteiger partial charge in [0.1, 0.15) is 0 Å². The van der Waals surface area contributed by atoms with Crippen LogP contribution in [0, 0.1) is 0 Å². The minimum atomic E-state index is 0.341. The number of hydrogen-bond donors (Lipinski definition) is 1. The predicted molar refractivity (Wildman–Crippen MR) is 73.7 cm³/mol. The lowest BCUT2D eigenvalue weighted by molar-refractivity contribution is 0.398. The van der Waals surface area contributed by atoms with E-state index >= 15 is 0 Å². The summed E-state index contributed by atoms with van der Waals surface area (Å²) in [4.78, 5) is 4.12. The Morgan fingerprint density at radius 1 is 1.17 bits per heavy atom. The highest BCUT2D eigenvalue weighted by atomic mass is 16.5. The molecule has 2 rings (SSSR count). The first kappa shape index (κ1) is 12.6. The fourth-order valence-electron chi connectivity index (χ4n) is 1.85. The summed E-state index contributed by atoms with van der Waals surface area (Å²) in [5.41, 5.74) is 3.56. The molecule has 1 unspecified atom stereocenters. The summed E-state index contributed by atoms with van der Waals surface area (Å²) in [6, 6.07) is 12.8. The lowest BCUT2D eigenvalue weighted by Crippen LogP contribution is -2.12. The van der Waals surface area contributed by atoms with E-state index in [1.165, 1.54) is 11.1 Å². The van der Waals surface area contributed by atoms with Crippen molar-refractivity contribution < 1.29 is 4.74 Å². The second kappa shape index (κ2) is 5.65. The van der Waals surface area contributed by atoms with Gasteiger partial charge in [0.25, 0.3) is 0 Å². The average Bonchev–Trinajstić information content (AvgIpc) is 2.46. The highest BCUT2D eigenvalue weighted by Crippen LogP contribution is 2.24. The van der Waals surface area contributed by atoms with Crippen LogP contribution in [0.15, 0.2) is 42.6 Å². The summed E-state index contributed by atoms with van der Waals surface area (Å²) in [6.45, 7) is 2.15. The van der Waals surface area contributed by atoms with Crippen LogP contribution in [0.1, 0.15) is 18.5 Å². The van der Waals surface area contributed by atoms with Gasteiger partial charge in [0.05, 0.1) is 7.11 Å². The van der Waals surface area contributed by atoms with E-state index in [0.717, 1.165) is 5.56 Å². The molecule has 0 aliphatic heterocycles. The number of ether oxygens (including phenoxy) is 1. The quantitative estimate of drug-likeness (QED) is 0.894. The molecule has 0 saturated carbocycles. The third-order valence-corrected chi connectivity index (χ3v) is 3.10.